The van der Waals surface area contributed by atoms with E-state index in [9.17, 15) is 0 Å². The van der Waals surface area contributed by atoms with Gasteiger partial charge in [0.1, 0.15) is 0 Å². The van der Waals surface area contributed by atoms with Crippen molar-refractivity contribution in [1.82, 2.24) is 14.8 Å². The van der Waals surface area contributed by atoms with Gasteiger partial charge in [0, 0.05) is 24.6 Å². The number of hydrogen-bond acceptors (Lipinski definition) is 5. The number of rotatable bonds is 8. The fourth-order valence-corrected chi connectivity index (χ4v) is 3.74. The Morgan fingerprint density at radius 2 is 2.14 bits per heavy atom. The Morgan fingerprint density at radius 3 is 2.76 bits per heavy atom. The van der Waals surface area contributed by atoms with Gasteiger partial charge in [-0.25, -0.2) is 4.98 Å². The molecule has 2 rings (SSSR count). The van der Waals surface area contributed by atoms with Crippen LogP contribution in [-0.4, -0.2) is 65.8 Å². The zero-order chi connectivity index (χ0) is 15.1. The molecule has 120 valence electrons. The van der Waals surface area contributed by atoms with Crippen LogP contribution in [0.1, 0.15) is 36.4 Å². The number of thiazole rings is 1. The molecule has 0 aromatic carbocycles. The number of aliphatic hydroxyl groups is 1. The van der Waals surface area contributed by atoms with Crippen molar-refractivity contribution in [3.05, 3.63) is 16.1 Å². The summed E-state index contributed by atoms with van der Waals surface area (Å²) in [6, 6.07) is 0.703. The fourth-order valence-electron chi connectivity index (χ4n) is 3.09. The van der Waals surface area contributed by atoms with E-state index in [4.69, 9.17) is 5.11 Å². The van der Waals surface area contributed by atoms with Crippen LogP contribution < -0.4 is 0 Å². The summed E-state index contributed by atoms with van der Waals surface area (Å²) in [6.07, 6.45) is 5.74. The predicted octanol–water partition coefficient (Wildman–Crippen LogP) is 2.16. The SMILES string of the molecule is Cc1nc(CCCN2CCC(N(C)CCCO)CC2)cs1. The van der Waals surface area contributed by atoms with Crippen LogP contribution in [0.25, 0.3) is 0 Å². The summed E-state index contributed by atoms with van der Waals surface area (Å²) < 4.78 is 0. The molecule has 0 saturated carbocycles. The Morgan fingerprint density at radius 1 is 1.38 bits per heavy atom. The minimum Gasteiger partial charge on any atom is -0.396 e. The lowest BCUT2D eigenvalue weighted by molar-refractivity contribution is 0.120. The van der Waals surface area contributed by atoms with Gasteiger partial charge in [-0.05, 0) is 65.7 Å². The molecule has 1 N–H and O–H groups in total. The van der Waals surface area contributed by atoms with Crippen molar-refractivity contribution in [2.24, 2.45) is 0 Å². The van der Waals surface area contributed by atoms with E-state index in [0.29, 0.717) is 12.6 Å². The highest BCUT2D eigenvalue weighted by atomic mass is 32.1. The third kappa shape index (κ3) is 5.66. The molecule has 21 heavy (non-hydrogen) atoms. The molecule has 0 aliphatic carbocycles. The molecule has 0 amide bonds. The van der Waals surface area contributed by atoms with E-state index in [1.165, 1.54) is 49.6 Å². The number of likely N-dealkylation sites (tertiary alicyclic amines) is 1. The second-order valence-corrected chi connectivity index (χ2v) is 7.15. The molecular formula is C16H29N3OS. The number of hydrogen-bond donors (Lipinski definition) is 1. The van der Waals surface area contributed by atoms with Gasteiger partial charge in [-0.15, -0.1) is 11.3 Å². The van der Waals surface area contributed by atoms with E-state index in [-0.39, 0.29) is 0 Å². The smallest absolute Gasteiger partial charge is 0.0897 e. The number of piperidine rings is 1. The molecule has 0 spiro atoms. The van der Waals surface area contributed by atoms with Crippen LogP contribution >= 0.6 is 11.3 Å². The van der Waals surface area contributed by atoms with Crippen LogP contribution in [0.5, 0.6) is 0 Å². The van der Waals surface area contributed by atoms with Crippen LogP contribution in [0, 0.1) is 6.92 Å². The summed E-state index contributed by atoms with van der Waals surface area (Å²) in [5.41, 5.74) is 1.26. The van der Waals surface area contributed by atoms with Gasteiger partial charge < -0.3 is 14.9 Å². The molecule has 2 heterocycles. The molecule has 1 aromatic heterocycles. The first-order valence-corrected chi connectivity index (χ1v) is 9.01. The fraction of sp³-hybridized carbons (Fsp3) is 0.812. The van der Waals surface area contributed by atoms with Crippen LogP contribution in [0.3, 0.4) is 0 Å². The molecule has 1 aliphatic heterocycles. The highest BCUT2D eigenvalue weighted by molar-refractivity contribution is 7.09. The van der Waals surface area contributed by atoms with E-state index in [2.05, 4.69) is 34.1 Å². The Labute approximate surface area is 132 Å². The van der Waals surface area contributed by atoms with E-state index in [1.807, 2.05) is 0 Å². The third-order valence-electron chi connectivity index (χ3n) is 4.42. The van der Waals surface area contributed by atoms with Gasteiger partial charge >= 0.3 is 0 Å². The highest BCUT2D eigenvalue weighted by Gasteiger charge is 2.21. The number of aromatic nitrogens is 1. The van der Waals surface area contributed by atoms with Crippen molar-refractivity contribution in [2.75, 3.05) is 39.8 Å². The first-order valence-electron chi connectivity index (χ1n) is 8.13. The second kappa shape index (κ2) is 8.83. The van der Waals surface area contributed by atoms with Gasteiger partial charge in [-0.3, -0.25) is 0 Å². The van der Waals surface area contributed by atoms with Crippen LogP contribution in [-0.2, 0) is 6.42 Å². The van der Waals surface area contributed by atoms with Gasteiger partial charge in [-0.2, -0.15) is 0 Å². The largest absolute Gasteiger partial charge is 0.396 e. The molecule has 0 bridgehead atoms. The molecule has 1 saturated heterocycles. The number of nitrogens with zero attached hydrogens (tertiary/aromatic N) is 3. The second-order valence-electron chi connectivity index (χ2n) is 6.09. The third-order valence-corrected chi connectivity index (χ3v) is 5.25. The zero-order valence-electron chi connectivity index (χ0n) is 13.4. The first kappa shape index (κ1) is 16.9. The molecule has 5 heteroatoms. The van der Waals surface area contributed by atoms with Crippen molar-refractivity contribution in [1.29, 1.82) is 0 Å². The van der Waals surface area contributed by atoms with Gasteiger partial charge in [-0.1, -0.05) is 0 Å². The topological polar surface area (TPSA) is 39.6 Å². The Kier molecular flexibility index (Phi) is 7.10. The van der Waals surface area contributed by atoms with Crippen LogP contribution in [0.2, 0.25) is 0 Å². The Hall–Kier alpha value is -0.490. The maximum Gasteiger partial charge on any atom is 0.0897 e. The van der Waals surface area contributed by atoms with Crippen molar-refractivity contribution < 1.29 is 5.11 Å². The summed E-state index contributed by atoms with van der Waals surface area (Å²) in [7, 11) is 2.19. The molecule has 0 radical (unpaired) electrons. The van der Waals surface area contributed by atoms with Gasteiger partial charge in [0.05, 0.1) is 10.7 Å². The standard InChI is InChI=1S/C16H29N3OS/c1-14-17-15(13-21-14)5-3-9-19-10-6-16(7-11-19)18(2)8-4-12-20/h13,16,20H,3-12H2,1-2H3. The minimum absolute atomic E-state index is 0.305. The summed E-state index contributed by atoms with van der Waals surface area (Å²) in [6.45, 7) is 7.02. The van der Waals surface area contributed by atoms with E-state index < -0.39 is 0 Å². The quantitative estimate of drug-likeness (QED) is 0.799. The summed E-state index contributed by atoms with van der Waals surface area (Å²) >= 11 is 1.75. The lowest BCUT2D eigenvalue weighted by Gasteiger charge is -2.36. The van der Waals surface area contributed by atoms with Crippen LogP contribution in [0.4, 0.5) is 0 Å². The summed E-state index contributed by atoms with van der Waals surface area (Å²) in [4.78, 5) is 9.55. The molecule has 4 nitrogen and oxygen atoms in total. The van der Waals surface area contributed by atoms with E-state index in [1.54, 1.807) is 11.3 Å². The number of aliphatic hydroxyl groups excluding tert-OH is 1. The predicted molar refractivity (Wildman–Crippen MR) is 89.0 cm³/mol. The van der Waals surface area contributed by atoms with E-state index in [0.717, 1.165) is 19.4 Å². The maximum absolute atomic E-state index is 8.91. The Balaban J connectivity index is 1.60. The van der Waals surface area contributed by atoms with Crippen molar-refractivity contribution in [3.8, 4) is 0 Å². The molecule has 1 aliphatic rings. The summed E-state index contributed by atoms with van der Waals surface area (Å²) in [5, 5.41) is 12.3. The van der Waals surface area contributed by atoms with E-state index >= 15 is 0 Å². The average molecular weight is 311 g/mol. The Bertz CT molecular complexity index is 402. The lowest BCUT2D eigenvalue weighted by atomic mass is 10.0. The number of aryl methyl sites for hydroxylation is 2. The monoisotopic (exact) mass is 311 g/mol. The van der Waals surface area contributed by atoms with Crippen molar-refractivity contribution in [2.45, 2.75) is 45.1 Å². The zero-order valence-corrected chi connectivity index (χ0v) is 14.2. The summed E-state index contributed by atoms with van der Waals surface area (Å²) in [5.74, 6) is 0. The van der Waals surface area contributed by atoms with Gasteiger partial charge in [0.15, 0.2) is 0 Å². The first-order chi connectivity index (χ1) is 10.2. The van der Waals surface area contributed by atoms with Gasteiger partial charge in [0.2, 0.25) is 0 Å². The molecule has 1 fully saturated rings. The average Bonchev–Trinajstić information content (AvgIpc) is 2.91. The molecule has 0 unspecified atom stereocenters. The van der Waals surface area contributed by atoms with Crippen molar-refractivity contribution >= 4 is 11.3 Å². The minimum atomic E-state index is 0.305. The van der Waals surface area contributed by atoms with Crippen LogP contribution in [0.15, 0.2) is 5.38 Å². The normalized spacial score (nSPS) is 17.7. The molecule has 0 atom stereocenters. The molecular weight excluding hydrogens is 282 g/mol. The van der Waals surface area contributed by atoms with Crippen molar-refractivity contribution in [3.63, 3.8) is 0 Å². The lowest BCUT2D eigenvalue weighted by Crippen LogP contribution is -2.44. The van der Waals surface area contributed by atoms with Gasteiger partial charge in [0.25, 0.3) is 0 Å². The highest BCUT2D eigenvalue weighted by Crippen LogP contribution is 2.16. The maximum atomic E-state index is 8.91. The molecule has 1 aromatic rings.